The summed E-state index contributed by atoms with van der Waals surface area (Å²) in [6, 6.07) is -0.269. The zero-order chi connectivity index (χ0) is 14.7. The molecule has 1 aliphatic rings. The fourth-order valence-electron chi connectivity index (χ4n) is 2.08. The van der Waals surface area contributed by atoms with Crippen LogP contribution in [0.2, 0.25) is 0 Å². The molecule has 112 valence electrons. The van der Waals surface area contributed by atoms with Crippen molar-refractivity contribution in [2.24, 2.45) is 0 Å². The van der Waals surface area contributed by atoms with Gasteiger partial charge in [-0.05, 0) is 40.2 Å². The fraction of sp³-hybridized carbons (Fsp3) is 0.917. The van der Waals surface area contributed by atoms with Gasteiger partial charge in [0, 0.05) is 12.6 Å². The van der Waals surface area contributed by atoms with Crippen LogP contribution in [0, 0.1) is 0 Å². The van der Waals surface area contributed by atoms with Crippen LogP contribution in [-0.2, 0) is 4.74 Å². The minimum absolute atomic E-state index is 0.186. The number of ether oxygens (including phenoxy) is 1. The van der Waals surface area contributed by atoms with Gasteiger partial charge < -0.3 is 10.1 Å². The van der Waals surface area contributed by atoms with Crippen LogP contribution in [0.15, 0.2) is 0 Å². The molecule has 1 N–H and O–H groups in total. The molecule has 1 atom stereocenters. The lowest BCUT2D eigenvalue weighted by molar-refractivity contribution is -0.147. The van der Waals surface area contributed by atoms with Crippen LogP contribution in [0.5, 0.6) is 0 Å². The third kappa shape index (κ3) is 6.66. The third-order valence-electron chi connectivity index (χ3n) is 2.76. The Bertz CT molecular complexity index is 313. The van der Waals surface area contributed by atoms with Crippen molar-refractivity contribution in [1.82, 2.24) is 10.2 Å². The Labute approximate surface area is 111 Å². The van der Waals surface area contributed by atoms with Gasteiger partial charge in [-0.3, -0.25) is 4.90 Å². The van der Waals surface area contributed by atoms with E-state index in [1.54, 1.807) is 20.8 Å². The van der Waals surface area contributed by atoms with E-state index in [1.165, 1.54) is 4.90 Å². The second-order valence-electron chi connectivity index (χ2n) is 5.76. The molecule has 1 aliphatic heterocycles. The summed E-state index contributed by atoms with van der Waals surface area (Å²) in [7, 11) is 0. The lowest BCUT2D eigenvalue weighted by atomic mass is 10.2. The van der Waals surface area contributed by atoms with Gasteiger partial charge in [-0.2, -0.15) is 13.2 Å². The number of rotatable bonds is 3. The summed E-state index contributed by atoms with van der Waals surface area (Å²) in [5, 5.41) is 2.53. The van der Waals surface area contributed by atoms with Crippen LogP contribution in [0.4, 0.5) is 18.0 Å². The Morgan fingerprint density at radius 1 is 1.37 bits per heavy atom. The Balaban J connectivity index is 2.37. The first-order valence-corrected chi connectivity index (χ1v) is 6.34. The minimum Gasteiger partial charge on any atom is -0.444 e. The highest BCUT2D eigenvalue weighted by molar-refractivity contribution is 5.67. The van der Waals surface area contributed by atoms with Crippen molar-refractivity contribution in [3.63, 3.8) is 0 Å². The average molecular weight is 282 g/mol. The average Bonchev–Trinajstić information content (AvgIpc) is 2.56. The zero-order valence-corrected chi connectivity index (χ0v) is 11.5. The van der Waals surface area contributed by atoms with Crippen molar-refractivity contribution in [3.8, 4) is 0 Å². The van der Waals surface area contributed by atoms with Gasteiger partial charge in [-0.1, -0.05) is 0 Å². The van der Waals surface area contributed by atoms with Gasteiger partial charge in [0.15, 0.2) is 0 Å². The van der Waals surface area contributed by atoms with E-state index in [4.69, 9.17) is 4.74 Å². The fourth-order valence-corrected chi connectivity index (χ4v) is 2.08. The maximum absolute atomic E-state index is 12.3. The van der Waals surface area contributed by atoms with Crippen LogP contribution >= 0.6 is 0 Å². The number of carbonyl (C=O) groups is 1. The summed E-state index contributed by atoms with van der Waals surface area (Å²) >= 11 is 0. The van der Waals surface area contributed by atoms with E-state index in [2.05, 4.69) is 5.32 Å². The smallest absolute Gasteiger partial charge is 0.407 e. The number of amides is 1. The van der Waals surface area contributed by atoms with Crippen molar-refractivity contribution in [2.75, 3.05) is 19.6 Å². The van der Waals surface area contributed by atoms with Gasteiger partial charge >= 0.3 is 12.3 Å². The molecule has 1 fully saturated rings. The SMILES string of the molecule is CC(C)(C)OC(=O)NCC1CCCN1CC(F)(F)F. The minimum atomic E-state index is -4.20. The normalized spacial score (nSPS) is 21.5. The standard InChI is InChI=1S/C12H21F3N2O2/c1-11(2,3)19-10(18)16-7-9-5-4-6-17(9)8-12(13,14)15/h9H,4-8H2,1-3H3,(H,16,18). The number of nitrogens with zero attached hydrogens (tertiary/aromatic N) is 1. The summed E-state index contributed by atoms with van der Waals surface area (Å²) in [6.07, 6.45) is -3.41. The summed E-state index contributed by atoms with van der Waals surface area (Å²) in [6.45, 7) is 4.88. The summed E-state index contributed by atoms with van der Waals surface area (Å²) in [4.78, 5) is 12.8. The van der Waals surface area contributed by atoms with Crippen LogP contribution in [0.3, 0.4) is 0 Å². The van der Waals surface area contributed by atoms with Crippen LogP contribution in [-0.4, -0.2) is 48.4 Å². The highest BCUT2D eigenvalue weighted by atomic mass is 19.4. The number of hydrogen-bond donors (Lipinski definition) is 1. The van der Waals surface area contributed by atoms with Crippen molar-refractivity contribution in [3.05, 3.63) is 0 Å². The summed E-state index contributed by atoms with van der Waals surface area (Å²) < 4.78 is 42.1. The molecule has 0 aromatic rings. The molecule has 0 radical (unpaired) electrons. The monoisotopic (exact) mass is 282 g/mol. The first-order chi connectivity index (χ1) is 8.57. The molecule has 0 saturated carbocycles. The Hall–Kier alpha value is -0.980. The van der Waals surface area contributed by atoms with E-state index in [1.807, 2.05) is 0 Å². The molecule has 1 rings (SSSR count). The molecular formula is C12H21F3N2O2. The molecule has 0 aliphatic carbocycles. The predicted molar refractivity (Wildman–Crippen MR) is 64.9 cm³/mol. The second-order valence-corrected chi connectivity index (χ2v) is 5.76. The maximum Gasteiger partial charge on any atom is 0.407 e. The molecule has 0 bridgehead atoms. The topological polar surface area (TPSA) is 41.6 Å². The molecule has 1 heterocycles. The molecule has 0 aromatic heterocycles. The molecule has 19 heavy (non-hydrogen) atoms. The zero-order valence-electron chi connectivity index (χ0n) is 11.5. The molecule has 0 aromatic carbocycles. The molecule has 7 heteroatoms. The molecule has 1 saturated heterocycles. The number of hydrogen-bond acceptors (Lipinski definition) is 3. The number of carbonyl (C=O) groups excluding carboxylic acids is 1. The molecule has 0 spiro atoms. The van der Waals surface area contributed by atoms with E-state index in [0.717, 1.165) is 6.42 Å². The maximum atomic E-state index is 12.3. The van der Waals surface area contributed by atoms with Gasteiger partial charge in [0.25, 0.3) is 0 Å². The number of likely N-dealkylation sites (tertiary alicyclic amines) is 1. The van der Waals surface area contributed by atoms with E-state index in [9.17, 15) is 18.0 Å². The van der Waals surface area contributed by atoms with Crippen molar-refractivity contribution < 1.29 is 22.7 Å². The number of alkyl carbamates (subject to hydrolysis) is 1. The van der Waals surface area contributed by atoms with Gasteiger partial charge in [0.05, 0.1) is 6.54 Å². The summed E-state index contributed by atoms with van der Waals surface area (Å²) in [5.74, 6) is 0. The summed E-state index contributed by atoms with van der Waals surface area (Å²) in [5.41, 5.74) is -0.606. The Morgan fingerprint density at radius 3 is 2.53 bits per heavy atom. The Kier molecular flexibility index (Phi) is 5.06. The first kappa shape index (κ1) is 16.1. The Morgan fingerprint density at radius 2 is 2.00 bits per heavy atom. The first-order valence-electron chi connectivity index (χ1n) is 6.34. The highest BCUT2D eigenvalue weighted by Crippen LogP contribution is 2.23. The van der Waals surface area contributed by atoms with Crippen molar-refractivity contribution in [2.45, 2.75) is 51.4 Å². The predicted octanol–water partition coefficient (Wildman–Crippen LogP) is 2.54. The molecule has 1 amide bonds. The van der Waals surface area contributed by atoms with Gasteiger partial charge in [-0.25, -0.2) is 4.79 Å². The van der Waals surface area contributed by atoms with Crippen molar-refractivity contribution >= 4 is 6.09 Å². The molecule has 1 unspecified atom stereocenters. The molecule has 4 nitrogen and oxygen atoms in total. The third-order valence-corrected chi connectivity index (χ3v) is 2.76. The van der Waals surface area contributed by atoms with E-state index in [-0.39, 0.29) is 12.6 Å². The van der Waals surface area contributed by atoms with Gasteiger partial charge in [0.1, 0.15) is 5.60 Å². The number of nitrogens with one attached hydrogen (secondary N) is 1. The van der Waals surface area contributed by atoms with Crippen LogP contribution in [0.1, 0.15) is 33.6 Å². The van der Waals surface area contributed by atoms with Crippen molar-refractivity contribution in [1.29, 1.82) is 0 Å². The molecular weight excluding hydrogens is 261 g/mol. The van der Waals surface area contributed by atoms with Gasteiger partial charge in [-0.15, -0.1) is 0 Å². The van der Waals surface area contributed by atoms with E-state index < -0.39 is 24.4 Å². The second kappa shape index (κ2) is 5.98. The highest BCUT2D eigenvalue weighted by Gasteiger charge is 2.36. The van der Waals surface area contributed by atoms with E-state index >= 15 is 0 Å². The van der Waals surface area contributed by atoms with Crippen LogP contribution < -0.4 is 5.32 Å². The lowest BCUT2D eigenvalue weighted by Gasteiger charge is -2.26. The number of halogens is 3. The van der Waals surface area contributed by atoms with E-state index in [0.29, 0.717) is 13.0 Å². The van der Waals surface area contributed by atoms with Crippen LogP contribution in [0.25, 0.3) is 0 Å². The quantitative estimate of drug-likeness (QED) is 0.865. The number of alkyl halides is 3. The largest absolute Gasteiger partial charge is 0.444 e. The lowest BCUT2D eigenvalue weighted by Crippen LogP contribution is -2.45. The van der Waals surface area contributed by atoms with Gasteiger partial charge in [0.2, 0.25) is 0 Å².